The molecule has 25 heavy (non-hydrogen) atoms. The normalized spacial score (nSPS) is 21.3. The summed E-state index contributed by atoms with van der Waals surface area (Å²) in [5.41, 5.74) is 0.955. The van der Waals surface area contributed by atoms with Gasteiger partial charge in [0.15, 0.2) is 5.13 Å². The third-order valence-electron chi connectivity index (χ3n) is 4.28. The lowest BCUT2D eigenvalue weighted by Gasteiger charge is -2.34. The first-order valence-electron chi connectivity index (χ1n) is 8.34. The summed E-state index contributed by atoms with van der Waals surface area (Å²) in [6.07, 6.45) is 1.27. The van der Waals surface area contributed by atoms with Gasteiger partial charge in [-0.25, -0.2) is 9.37 Å². The number of hydrogen-bond acceptors (Lipinski definition) is 4. The number of carbonyl (C=O) groups excluding carboxylic acids is 1. The average Bonchev–Trinajstić information content (AvgIpc) is 2.92. The predicted molar refractivity (Wildman–Crippen MR) is 102 cm³/mol. The first-order valence-corrected chi connectivity index (χ1v) is 10.0. The maximum Gasteiger partial charge on any atom is 0.260 e. The Morgan fingerprint density at radius 1 is 1.40 bits per heavy atom. The van der Waals surface area contributed by atoms with Gasteiger partial charge in [0.2, 0.25) is 0 Å². The lowest BCUT2D eigenvalue weighted by Crippen LogP contribution is -2.38. The number of thiazole rings is 1. The third-order valence-corrected chi connectivity index (χ3v) is 5.58. The molecule has 0 spiro atoms. The molecule has 1 saturated heterocycles. The van der Waals surface area contributed by atoms with Gasteiger partial charge in [0, 0.05) is 29.5 Å². The number of carbonyl (C=O) groups is 1. The van der Waals surface area contributed by atoms with Crippen LogP contribution in [0.3, 0.4) is 0 Å². The zero-order chi connectivity index (χ0) is 18.0. The van der Waals surface area contributed by atoms with Crippen LogP contribution in [0.1, 0.15) is 36.3 Å². The quantitative estimate of drug-likeness (QED) is 0.766. The van der Waals surface area contributed by atoms with Crippen LogP contribution in [0, 0.1) is 17.7 Å². The Morgan fingerprint density at radius 2 is 2.12 bits per heavy atom. The number of aromatic nitrogens is 1. The number of amides is 1. The van der Waals surface area contributed by atoms with Crippen LogP contribution in [0.2, 0.25) is 0 Å². The predicted octanol–water partition coefficient (Wildman–Crippen LogP) is 4.77. The van der Waals surface area contributed by atoms with Crippen molar-refractivity contribution < 1.29 is 9.18 Å². The number of rotatable bonds is 4. The molecule has 1 aromatic heterocycles. The number of hydrogen-bond donors (Lipinski definition) is 1. The molecule has 2 atom stereocenters. The van der Waals surface area contributed by atoms with Gasteiger partial charge in [-0.15, -0.1) is 11.3 Å². The second-order valence-corrected chi connectivity index (χ2v) is 8.64. The van der Waals surface area contributed by atoms with E-state index in [1.807, 2.05) is 5.38 Å². The zero-order valence-electron chi connectivity index (χ0n) is 14.3. The topological polar surface area (TPSA) is 45.2 Å². The summed E-state index contributed by atoms with van der Waals surface area (Å²) >= 11 is 4.55. The zero-order valence-corrected chi connectivity index (χ0v) is 16.7. The molecule has 3 rings (SSSR count). The molecule has 0 radical (unpaired) electrons. The maximum absolute atomic E-state index is 13.9. The molecule has 1 fully saturated rings. The first kappa shape index (κ1) is 18.5. The molecule has 134 valence electrons. The summed E-state index contributed by atoms with van der Waals surface area (Å²) in [5.74, 6) is 0.356. The fourth-order valence-corrected chi connectivity index (χ4v) is 4.45. The van der Waals surface area contributed by atoms with E-state index in [4.69, 9.17) is 0 Å². The van der Waals surface area contributed by atoms with Crippen LogP contribution in [-0.2, 0) is 6.54 Å². The second kappa shape index (κ2) is 7.93. The summed E-state index contributed by atoms with van der Waals surface area (Å²) in [6.45, 7) is 7.50. The molecule has 0 aliphatic carbocycles. The maximum atomic E-state index is 13.9. The largest absolute Gasteiger partial charge is 0.298 e. The van der Waals surface area contributed by atoms with Crippen LogP contribution < -0.4 is 5.32 Å². The summed E-state index contributed by atoms with van der Waals surface area (Å²) in [5, 5.41) is 5.14. The molecule has 1 aromatic carbocycles. The van der Waals surface area contributed by atoms with Crippen molar-refractivity contribution in [1.82, 2.24) is 9.88 Å². The second-order valence-electron chi connectivity index (χ2n) is 6.86. The third kappa shape index (κ3) is 4.86. The highest BCUT2D eigenvalue weighted by molar-refractivity contribution is 9.10. The highest BCUT2D eigenvalue weighted by Crippen LogP contribution is 2.24. The smallest absolute Gasteiger partial charge is 0.260 e. The molecule has 7 heteroatoms. The van der Waals surface area contributed by atoms with Gasteiger partial charge < -0.3 is 0 Å². The summed E-state index contributed by atoms with van der Waals surface area (Å²) < 4.78 is 14.5. The van der Waals surface area contributed by atoms with Crippen LogP contribution in [0.15, 0.2) is 28.1 Å². The van der Waals surface area contributed by atoms with E-state index < -0.39 is 11.7 Å². The van der Waals surface area contributed by atoms with Gasteiger partial charge in [-0.05, 0) is 36.5 Å². The van der Waals surface area contributed by atoms with Gasteiger partial charge in [0.25, 0.3) is 5.91 Å². The molecule has 2 unspecified atom stereocenters. The molecular weight excluding hydrogens is 405 g/mol. The van der Waals surface area contributed by atoms with Crippen LogP contribution >= 0.6 is 27.3 Å². The molecule has 1 amide bonds. The molecule has 4 nitrogen and oxygen atoms in total. The summed E-state index contributed by atoms with van der Waals surface area (Å²) in [6, 6.07) is 4.38. The van der Waals surface area contributed by atoms with Gasteiger partial charge >= 0.3 is 0 Å². The Balaban J connectivity index is 1.62. The van der Waals surface area contributed by atoms with Crippen molar-refractivity contribution >= 4 is 38.3 Å². The van der Waals surface area contributed by atoms with E-state index in [0.29, 0.717) is 21.4 Å². The average molecular weight is 426 g/mol. The van der Waals surface area contributed by atoms with Crippen LogP contribution in [0.25, 0.3) is 0 Å². The lowest BCUT2D eigenvalue weighted by atomic mass is 9.92. The Kier molecular flexibility index (Phi) is 5.86. The summed E-state index contributed by atoms with van der Waals surface area (Å²) in [7, 11) is 0. The van der Waals surface area contributed by atoms with E-state index in [1.54, 1.807) is 6.07 Å². The number of likely N-dealkylation sites (tertiary alicyclic amines) is 1. The number of benzene rings is 1. The van der Waals surface area contributed by atoms with E-state index >= 15 is 0 Å². The Bertz CT molecular complexity index is 757. The van der Waals surface area contributed by atoms with Crippen LogP contribution in [-0.4, -0.2) is 28.9 Å². The summed E-state index contributed by atoms with van der Waals surface area (Å²) in [4.78, 5) is 19.1. The van der Waals surface area contributed by atoms with Crippen molar-refractivity contribution in [2.24, 2.45) is 11.8 Å². The molecule has 2 heterocycles. The molecular formula is C18H21BrFN3OS. The Morgan fingerprint density at radius 3 is 2.80 bits per heavy atom. The number of nitrogens with zero attached hydrogens (tertiary/aromatic N) is 2. The van der Waals surface area contributed by atoms with Crippen LogP contribution in [0.4, 0.5) is 9.52 Å². The van der Waals surface area contributed by atoms with E-state index in [-0.39, 0.29) is 5.56 Å². The number of nitrogens with one attached hydrogen (secondary N) is 1. The molecule has 1 aliphatic rings. The van der Waals surface area contributed by atoms with Gasteiger partial charge in [-0.3, -0.25) is 15.0 Å². The van der Waals surface area contributed by atoms with E-state index in [9.17, 15) is 9.18 Å². The highest BCUT2D eigenvalue weighted by atomic mass is 79.9. The van der Waals surface area contributed by atoms with Crippen molar-refractivity contribution in [2.45, 2.75) is 26.8 Å². The fourth-order valence-electron chi connectivity index (χ4n) is 3.43. The SMILES string of the molecule is CC1CC(C)CN(Cc2csc(NC(=O)c3ccc(Br)cc3F)n2)C1. The molecule has 0 bridgehead atoms. The van der Waals surface area contributed by atoms with E-state index in [2.05, 4.69) is 45.0 Å². The minimum Gasteiger partial charge on any atom is -0.298 e. The molecule has 2 aromatic rings. The Hall–Kier alpha value is -1.31. The Labute approximate surface area is 159 Å². The van der Waals surface area contributed by atoms with Crippen LogP contribution in [0.5, 0.6) is 0 Å². The van der Waals surface area contributed by atoms with Crippen molar-refractivity contribution in [3.63, 3.8) is 0 Å². The number of anilines is 1. The molecule has 1 aliphatic heterocycles. The minimum absolute atomic E-state index is 0.0126. The van der Waals surface area contributed by atoms with Gasteiger partial charge in [-0.1, -0.05) is 29.8 Å². The van der Waals surface area contributed by atoms with Gasteiger partial charge in [0.1, 0.15) is 5.82 Å². The van der Waals surface area contributed by atoms with Crippen molar-refractivity contribution in [3.05, 3.63) is 45.1 Å². The minimum atomic E-state index is -0.556. The molecule has 0 saturated carbocycles. The lowest BCUT2D eigenvalue weighted by molar-refractivity contribution is 0.102. The number of halogens is 2. The van der Waals surface area contributed by atoms with E-state index in [1.165, 1.54) is 29.9 Å². The van der Waals surface area contributed by atoms with Crippen molar-refractivity contribution in [3.8, 4) is 0 Å². The fraction of sp³-hybridized carbons (Fsp3) is 0.444. The van der Waals surface area contributed by atoms with Gasteiger partial charge in [0.05, 0.1) is 11.3 Å². The van der Waals surface area contributed by atoms with E-state index in [0.717, 1.165) is 25.3 Å². The van der Waals surface area contributed by atoms with Crippen molar-refractivity contribution in [2.75, 3.05) is 18.4 Å². The van der Waals surface area contributed by atoms with Crippen molar-refractivity contribution in [1.29, 1.82) is 0 Å². The number of piperidine rings is 1. The monoisotopic (exact) mass is 425 g/mol. The molecule has 1 N–H and O–H groups in total. The van der Waals surface area contributed by atoms with Gasteiger partial charge in [-0.2, -0.15) is 0 Å². The highest BCUT2D eigenvalue weighted by Gasteiger charge is 2.22. The first-order chi connectivity index (χ1) is 11.9. The standard InChI is InChI=1S/C18H21BrFN3OS/c1-11-5-12(2)8-23(7-11)9-14-10-25-18(21-14)22-17(24)15-4-3-13(19)6-16(15)20/h3-4,6,10-12H,5,7-9H2,1-2H3,(H,21,22,24).